The molecule has 68 heavy (non-hydrogen) atoms. The van der Waals surface area contributed by atoms with Crippen molar-refractivity contribution >= 4 is 53.3 Å². The molecule has 0 radical (unpaired) electrons. The molecule has 0 aliphatic carbocycles. The van der Waals surface area contributed by atoms with Crippen molar-refractivity contribution in [2.45, 2.75) is 129 Å². The summed E-state index contributed by atoms with van der Waals surface area (Å²) in [7, 11) is 5.83. The Balaban J connectivity index is 1.83. The molecule has 0 spiro atoms. The maximum atomic E-state index is 14.7. The predicted octanol–water partition coefficient (Wildman–Crippen LogP) is 1.31. The Hall–Kier alpha value is -5.73. The molecule has 20 heteroatoms. The van der Waals surface area contributed by atoms with E-state index in [0.717, 1.165) is 22.6 Å². The number of nitrogens with zero attached hydrogens (tertiary/aromatic N) is 4. The summed E-state index contributed by atoms with van der Waals surface area (Å²) in [4.78, 5) is 125. The molecule has 0 bridgehead atoms. The zero-order valence-electron chi connectivity index (χ0n) is 41.3. The average Bonchev–Trinajstić information content (AvgIpc) is 3.91. The molecular formula is C48H73N7O13. The van der Waals surface area contributed by atoms with Crippen LogP contribution in [0, 0.1) is 23.7 Å². The third kappa shape index (κ3) is 14.4. The number of carboxylic acid groups (broad SMARTS) is 2. The molecule has 1 aromatic carbocycles. The van der Waals surface area contributed by atoms with Gasteiger partial charge in [-0.3, -0.25) is 43.3 Å². The van der Waals surface area contributed by atoms with Crippen molar-refractivity contribution in [3.63, 3.8) is 0 Å². The first-order chi connectivity index (χ1) is 32.0. The summed E-state index contributed by atoms with van der Waals surface area (Å²) < 4.78 is 11.9. The Morgan fingerprint density at radius 3 is 1.96 bits per heavy atom. The first kappa shape index (κ1) is 56.6. The highest BCUT2D eigenvalue weighted by Crippen LogP contribution is 2.30. The summed E-state index contributed by atoms with van der Waals surface area (Å²) in [6.07, 6.45) is 2.08. The number of likely N-dealkylation sites (tertiary alicyclic amines) is 1. The third-order valence-corrected chi connectivity index (χ3v) is 13.1. The van der Waals surface area contributed by atoms with E-state index in [9.17, 15) is 53.4 Å². The number of benzene rings is 1. The van der Waals surface area contributed by atoms with Gasteiger partial charge < -0.3 is 50.3 Å². The highest BCUT2D eigenvalue weighted by molar-refractivity contribution is 6.15. The molecule has 0 aromatic heterocycles. The maximum absolute atomic E-state index is 14.7. The van der Waals surface area contributed by atoms with E-state index >= 15 is 0 Å². The molecule has 1 fully saturated rings. The number of imide groups is 1. The normalized spacial score (nSPS) is 18.9. The average molecular weight is 956 g/mol. The van der Waals surface area contributed by atoms with E-state index in [-0.39, 0.29) is 24.7 Å². The van der Waals surface area contributed by atoms with Crippen LogP contribution in [0.15, 0.2) is 42.5 Å². The van der Waals surface area contributed by atoms with Crippen LogP contribution in [0.3, 0.4) is 0 Å². The summed E-state index contributed by atoms with van der Waals surface area (Å²) in [5, 5.41) is 27.2. The molecule has 0 saturated carbocycles. The molecule has 378 valence electrons. The lowest BCUT2D eigenvalue weighted by atomic mass is 9.89. The minimum Gasteiger partial charge on any atom is -0.480 e. The van der Waals surface area contributed by atoms with Crippen molar-refractivity contribution in [3.8, 4) is 0 Å². The first-order valence-corrected chi connectivity index (χ1v) is 23.3. The van der Waals surface area contributed by atoms with Crippen LogP contribution in [0.2, 0.25) is 0 Å². The van der Waals surface area contributed by atoms with Gasteiger partial charge in [0, 0.05) is 60.0 Å². The quantitative estimate of drug-likeness (QED) is 0.0780. The second kappa shape index (κ2) is 26.1. The molecule has 1 aromatic rings. The van der Waals surface area contributed by atoms with E-state index in [0.29, 0.717) is 30.7 Å². The number of ether oxygens (including phenoxy) is 2. The molecule has 2 aliphatic heterocycles. The number of carboxylic acids is 2. The molecule has 5 N–H and O–H groups in total. The van der Waals surface area contributed by atoms with E-state index in [4.69, 9.17) is 9.47 Å². The minimum atomic E-state index is -1.48. The van der Waals surface area contributed by atoms with Crippen LogP contribution >= 0.6 is 0 Å². The van der Waals surface area contributed by atoms with Gasteiger partial charge in [0.1, 0.15) is 24.2 Å². The van der Waals surface area contributed by atoms with Gasteiger partial charge >= 0.3 is 11.9 Å². The topological polar surface area (TPSA) is 262 Å². The summed E-state index contributed by atoms with van der Waals surface area (Å²) in [5.74, 6) is -8.81. The fourth-order valence-corrected chi connectivity index (χ4v) is 9.25. The molecule has 1 saturated heterocycles. The van der Waals surface area contributed by atoms with E-state index in [2.05, 4.69) is 16.0 Å². The van der Waals surface area contributed by atoms with Crippen LogP contribution in [0.4, 0.5) is 0 Å². The molecule has 0 unspecified atom stereocenters. The fourth-order valence-electron chi connectivity index (χ4n) is 9.25. The fraction of sp³-hybridized carbons (Fsp3) is 0.646. The number of hydrogen-bond donors (Lipinski definition) is 5. The van der Waals surface area contributed by atoms with E-state index in [1.807, 2.05) is 19.9 Å². The van der Waals surface area contributed by atoms with Crippen molar-refractivity contribution in [2.24, 2.45) is 23.7 Å². The Bertz CT molecular complexity index is 1960. The Morgan fingerprint density at radius 1 is 0.824 bits per heavy atom. The van der Waals surface area contributed by atoms with Crippen LogP contribution in [0.5, 0.6) is 0 Å². The maximum Gasteiger partial charge on any atom is 0.326 e. The van der Waals surface area contributed by atoms with Gasteiger partial charge in [-0.15, -0.1) is 0 Å². The van der Waals surface area contributed by atoms with Gasteiger partial charge in [0.15, 0.2) is 0 Å². The van der Waals surface area contributed by atoms with Crippen molar-refractivity contribution in [1.29, 1.82) is 0 Å². The predicted molar refractivity (Wildman–Crippen MR) is 249 cm³/mol. The van der Waals surface area contributed by atoms with E-state index in [1.165, 1.54) is 26.2 Å². The summed E-state index contributed by atoms with van der Waals surface area (Å²) in [5.41, 5.74) is 0.743. The van der Waals surface area contributed by atoms with Crippen LogP contribution in [-0.4, -0.2) is 180 Å². The Labute approximate surface area is 399 Å². The lowest BCUT2D eigenvalue weighted by Gasteiger charge is -2.41. The van der Waals surface area contributed by atoms with Gasteiger partial charge in [0.25, 0.3) is 11.8 Å². The lowest BCUT2D eigenvalue weighted by Crippen LogP contribution is -2.62. The molecule has 20 nitrogen and oxygen atoms in total. The largest absolute Gasteiger partial charge is 0.480 e. The lowest BCUT2D eigenvalue weighted by molar-refractivity contribution is -0.153. The molecule has 10 atom stereocenters. The smallest absolute Gasteiger partial charge is 0.326 e. The van der Waals surface area contributed by atoms with Gasteiger partial charge in [0.2, 0.25) is 29.5 Å². The van der Waals surface area contributed by atoms with Gasteiger partial charge in [-0.05, 0) is 36.2 Å². The number of aliphatic carboxylic acids is 2. The van der Waals surface area contributed by atoms with Crippen LogP contribution in [-0.2, 0) is 59.0 Å². The van der Waals surface area contributed by atoms with E-state index < -0.39 is 127 Å². The van der Waals surface area contributed by atoms with Crippen LogP contribution in [0.1, 0.15) is 79.7 Å². The Morgan fingerprint density at radius 2 is 1.44 bits per heavy atom. The summed E-state index contributed by atoms with van der Waals surface area (Å²) in [6.45, 7) is 11.8. The van der Waals surface area contributed by atoms with Crippen LogP contribution in [0.25, 0.3) is 0 Å². The second-order valence-corrected chi connectivity index (χ2v) is 18.5. The number of methoxy groups -OCH3 is 2. The second-order valence-electron chi connectivity index (χ2n) is 18.5. The standard InChI is InChI=1S/C48H73N7O13/c1-12-29(6)42(35(67-10)24-38(58)54-22-16-19-33(54)43(68-11)30(7)44(61)50-32(48(65)66)23-31-17-14-13-15-18-31)53(9)47(64)40(27(2)3)51-45(62)41(28(4)5)52(8)46(63)34(25-49-26-39(59)60)55-36(56)20-21-37(55)57/h13-15,17-18,20-21,27-30,32-35,40-43,49H,12,16,19,22-26H2,1-11H3,(H,50,61)(H,51,62)(H,59,60)(H,65,66)/t29-,30+,32-,33-,34-,35+,40+,41-,42-,43-/m0/s1. The first-order valence-electron chi connectivity index (χ1n) is 23.3. The van der Waals surface area contributed by atoms with Crippen molar-refractivity contribution in [1.82, 2.24) is 35.6 Å². The van der Waals surface area contributed by atoms with Crippen LogP contribution < -0.4 is 16.0 Å². The van der Waals surface area contributed by atoms with Crippen molar-refractivity contribution in [2.75, 3.05) is 47.9 Å². The zero-order valence-corrected chi connectivity index (χ0v) is 41.3. The third-order valence-electron chi connectivity index (χ3n) is 13.1. The number of hydrogen-bond acceptors (Lipinski definition) is 12. The molecule has 3 rings (SSSR count). The number of amides is 7. The molecule has 2 heterocycles. The molecular weight excluding hydrogens is 883 g/mol. The number of rotatable bonds is 27. The summed E-state index contributed by atoms with van der Waals surface area (Å²) >= 11 is 0. The summed E-state index contributed by atoms with van der Waals surface area (Å²) in [6, 6.07) is 2.76. The number of likely N-dealkylation sites (N-methyl/N-ethyl adjacent to an activating group) is 2. The van der Waals surface area contributed by atoms with Crippen molar-refractivity contribution in [3.05, 3.63) is 48.0 Å². The number of carbonyl (C=O) groups excluding carboxylic acids is 7. The minimum absolute atomic E-state index is 0.0801. The molecule has 2 aliphatic rings. The highest BCUT2D eigenvalue weighted by atomic mass is 16.5. The van der Waals surface area contributed by atoms with Gasteiger partial charge in [0.05, 0.1) is 43.2 Å². The molecule has 7 amide bonds. The SMILES string of the molecule is CC[C@H](C)[C@@H]([C@@H](CC(=O)N1CCC[C@H]1[C@@H](OC)[C@@H](C)C(=O)N[C@@H](Cc1ccccc1)C(=O)O)OC)N(C)C(=O)[C@H](NC(=O)[C@H](C(C)C)N(C)C(=O)[C@H](CNCC(=O)O)N1C(=O)C=CC1=O)C(C)C. The zero-order chi connectivity index (χ0) is 51.2. The van der Waals surface area contributed by atoms with Gasteiger partial charge in [-0.1, -0.05) is 85.2 Å². The monoisotopic (exact) mass is 956 g/mol. The Kier molecular flexibility index (Phi) is 21.8. The van der Waals surface area contributed by atoms with Crippen molar-refractivity contribution < 1.29 is 62.8 Å². The number of nitrogens with one attached hydrogen (secondary N) is 3. The van der Waals surface area contributed by atoms with E-state index in [1.54, 1.807) is 70.8 Å². The van der Waals surface area contributed by atoms with Gasteiger partial charge in [-0.25, -0.2) is 4.79 Å². The highest BCUT2D eigenvalue weighted by Gasteiger charge is 2.45. The van der Waals surface area contributed by atoms with Gasteiger partial charge in [-0.2, -0.15) is 0 Å². The number of carbonyl (C=O) groups is 9.